The van der Waals surface area contributed by atoms with Crippen LogP contribution in [0.5, 0.6) is 0 Å². The molecule has 1 fully saturated rings. The molecule has 0 aromatic heterocycles. The van der Waals surface area contributed by atoms with E-state index in [1.165, 1.54) is 19.3 Å². The first-order chi connectivity index (χ1) is 8.13. The van der Waals surface area contributed by atoms with Crippen LogP contribution in [0.15, 0.2) is 0 Å². The van der Waals surface area contributed by atoms with Crippen molar-refractivity contribution < 1.29 is 14.7 Å². The van der Waals surface area contributed by atoms with Gasteiger partial charge in [0.1, 0.15) is 6.04 Å². The molecule has 0 aromatic rings. The van der Waals surface area contributed by atoms with Crippen LogP contribution in [0, 0.1) is 5.92 Å². The van der Waals surface area contributed by atoms with E-state index in [1.54, 1.807) is 0 Å². The van der Waals surface area contributed by atoms with Crippen LogP contribution in [0.3, 0.4) is 0 Å². The Morgan fingerprint density at radius 1 is 1.41 bits per heavy atom. The van der Waals surface area contributed by atoms with Crippen LogP contribution >= 0.6 is 0 Å². The Labute approximate surface area is 102 Å². The van der Waals surface area contributed by atoms with Gasteiger partial charge in [0, 0.05) is 6.54 Å². The van der Waals surface area contributed by atoms with Crippen LogP contribution in [0.4, 0.5) is 4.79 Å². The summed E-state index contributed by atoms with van der Waals surface area (Å²) in [6.45, 7) is 2.65. The molecule has 5 nitrogen and oxygen atoms in total. The molecule has 98 valence electrons. The molecule has 1 unspecified atom stereocenters. The van der Waals surface area contributed by atoms with Crippen molar-refractivity contribution in [3.8, 4) is 0 Å². The fourth-order valence-electron chi connectivity index (χ4n) is 1.81. The number of rotatable bonds is 7. The van der Waals surface area contributed by atoms with E-state index in [9.17, 15) is 9.59 Å². The average Bonchev–Trinajstić information content (AvgIpc) is 2.21. The lowest BCUT2D eigenvalue weighted by Gasteiger charge is -2.25. The van der Waals surface area contributed by atoms with Gasteiger partial charge in [-0.05, 0) is 25.2 Å². The van der Waals surface area contributed by atoms with Gasteiger partial charge < -0.3 is 15.7 Å². The molecule has 0 aliphatic heterocycles. The molecule has 0 saturated heterocycles. The van der Waals surface area contributed by atoms with E-state index in [1.807, 2.05) is 6.92 Å². The largest absolute Gasteiger partial charge is 0.480 e. The Morgan fingerprint density at radius 3 is 2.59 bits per heavy atom. The molecule has 1 aliphatic rings. The Hall–Kier alpha value is -1.26. The minimum absolute atomic E-state index is 0.361. The number of hydrogen-bond donors (Lipinski definition) is 3. The van der Waals surface area contributed by atoms with Gasteiger partial charge in [0.25, 0.3) is 0 Å². The zero-order valence-corrected chi connectivity index (χ0v) is 10.4. The first-order valence-corrected chi connectivity index (χ1v) is 6.40. The summed E-state index contributed by atoms with van der Waals surface area (Å²) < 4.78 is 0. The Bertz CT molecular complexity index is 264. The maximum atomic E-state index is 11.5. The molecule has 0 spiro atoms. The number of urea groups is 1. The summed E-state index contributed by atoms with van der Waals surface area (Å²) in [5.41, 5.74) is 0. The third kappa shape index (κ3) is 5.06. The lowest BCUT2D eigenvalue weighted by molar-refractivity contribution is -0.139. The molecule has 1 saturated carbocycles. The molecule has 5 heteroatoms. The SMILES string of the molecule is CCCCC(NC(=O)NCC1CCC1)C(=O)O. The number of nitrogens with one attached hydrogen (secondary N) is 2. The summed E-state index contributed by atoms with van der Waals surface area (Å²) in [5.74, 6) is -0.378. The summed E-state index contributed by atoms with van der Waals surface area (Å²) in [5, 5.41) is 14.2. The quantitative estimate of drug-likeness (QED) is 0.636. The molecule has 3 N–H and O–H groups in total. The lowest BCUT2D eigenvalue weighted by atomic mass is 9.85. The smallest absolute Gasteiger partial charge is 0.326 e. The van der Waals surface area contributed by atoms with Crippen molar-refractivity contribution in [3.63, 3.8) is 0 Å². The molecule has 0 heterocycles. The van der Waals surface area contributed by atoms with E-state index in [2.05, 4.69) is 10.6 Å². The molecular formula is C12H22N2O3. The van der Waals surface area contributed by atoms with Crippen LogP contribution in [0.25, 0.3) is 0 Å². The molecule has 0 radical (unpaired) electrons. The fraction of sp³-hybridized carbons (Fsp3) is 0.833. The number of carbonyl (C=O) groups excluding carboxylic acids is 1. The molecule has 2 amide bonds. The Morgan fingerprint density at radius 2 is 2.12 bits per heavy atom. The lowest BCUT2D eigenvalue weighted by Crippen LogP contribution is -2.47. The van der Waals surface area contributed by atoms with Gasteiger partial charge in [-0.25, -0.2) is 9.59 Å². The van der Waals surface area contributed by atoms with Crippen molar-refractivity contribution in [2.75, 3.05) is 6.54 Å². The van der Waals surface area contributed by atoms with Crippen molar-refractivity contribution >= 4 is 12.0 Å². The minimum atomic E-state index is -0.961. The van der Waals surface area contributed by atoms with E-state index in [0.717, 1.165) is 12.8 Å². The standard InChI is InChI=1S/C12H22N2O3/c1-2-3-7-10(11(15)16)14-12(17)13-8-9-5-4-6-9/h9-10H,2-8H2,1H3,(H,15,16)(H2,13,14,17). The minimum Gasteiger partial charge on any atom is -0.480 e. The summed E-state index contributed by atoms with van der Waals surface area (Å²) in [6.07, 6.45) is 5.79. The van der Waals surface area contributed by atoms with Gasteiger partial charge in [0.05, 0.1) is 0 Å². The fourth-order valence-corrected chi connectivity index (χ4v) is 1.81. The Balaban J connectivity index is 2.22. The monoisotopic (exact) mass is 242 g/mol. The highest BCUT2D eigenvalue weighted by molar-refractivity contribution is 5.82. The number of aliphatic carboxylic acids is 1. The summed E-state index contributed by atoms with van der Waals surface area (Å²) in [4.78, 5) is 22.4. The first-order valence-electron chi connectivity index (χ1n) is 6.40. The molecular weight excluding hydrogens is 220 g/mol. The molecule has 1 atom stereocenters. The van der Waals surface area contributed by atoms with E-state index >= 15 is 0 Å². The molecule has 1 rings (SSSR count). The molecule has 17 heavy (non-hydrogen) atoms. The predicted molar refractivity (Wildman–Crippen MR) is 64.8 cm³/mol. The van der Waals surface area contributed by atoms with Gasteiger partial charge in [-0.2, -0.15) is 0 Å². The summed E-state index contributed by atoms with van der Waals surface area (Å²) in [6, 6.07) is -1.13. The van der Waals surface area contributed by atoms with Crippen molar-refractivity contribution in [2.45, 2.75) is 51.5 Å². The maximum Gasteiger partial charge on any atom is 0.326 e. The molecule has 1 aliphatic carbocycles. The topological polar surface area (TPSA) is 78.4 Å². The van der Waals surface area contributed by atoms with Crippen molar-refractivity contribution in [1.82, 2.24) is 10.6 Å². The average molecular weight is 242 g/mol. The van der Waals surface area contributed by atoms with Crippen LogP contribution in [0.2, 0.25) is 0 Å². The third-order valence-electron chi connectivity index (χ3n) is 3.23. The highest BCUT2D eigenvalue weighted by Gasteiger charge is 2.21. The normalized spacial score (nSPS) is 17.0. The van der Waals surface area contributed by atoms with Gasteiger partial charge in [-0.15, -0.1) is 0 Å². The van der Waals surface area contributed by atoms with Crippen LogP contribution in [0.1, 0.15) is 45.4 Å². The van der Waals surface area contributed by atoms with Crippen LogP contribution < -0.4 is 10.6 Å². The van der Waals surface area contributed by atoms with E-state index in [4.69, 9.17) is 5.11 Å². The highest BCUT2D eigenvalue weighted by Crippen LogP contribution is 2.24. The second-order valence-corrected chi connectivity index (χ2v) is 4.68. The van der Waals surface area contributed by atoms with E-state index in [-0.39, 0.29) is 6.03 Å². The van der Waals surface area contributed by atoms with Crippen LogP contribution in [-0.2, 0) is 4.79 Å². The highest BCUT2D eigenvalue weighted by atomic mass is 16.4. The third-order valence-corrected chi connectivity index (χ3v) is 3.23. The number of carboxylic acids is 1. The van der Waals surface area contributed by atoms with Crippen molar-refractivity contribution in [3.05, 3.63) is 0 Å². The second kappa shape index (κ2) is 7.14. The van der Waals surface area contributed by atoms with Gasteiger partial charge in [0.2, 0.25) is 0 Å². The van der Waals surface area contributed by atoms with Gasteiger partial charge in [0.15, 0.2) is 0 Å². The first kappa shape index (κ1) is 13.8. The van der Waals surface area contributed by atoms with Crippen LogP contribution in [-0.4, -0.2) is 29.7 Å². The van der Waals surface area contributed by atoms with Gasteiger partial charge >= 0.3 is 12.0 Å². The maximum absolute atomic E-state index is 11.5. The number of amides is 2. The van der Waals surface area contributed by atoms with E-state index < -0.39 is 12.0 Å². The zero-order chi connectivity index (χ0) is 12.7. The van der Waals surface area contributed by atoms with Crippen molar-refractivity contribution in [1.29, 1.82) is 0 Å². The number of unbranched alkanes of at least 4 members (excludes halogenated alkanes) is 1. The number of carboxylic acid groups (broad SMARTS) is 1. The van der Waals surface area contributed by atoms with Crippen molar-refractivity contribution in [2.24, 2.45) is 5.92 Å². The molecule has 0 aromatic carbocycles. The summed E-state index contributed by atoms with van der Waals surface area (Å²) in [7, 11) is 0. The van der Waals surface area contributed by atoms with E-state index in [0.29, 0.717) is 18.9 Å². The van der Waals surface area contributed by atoms with Gasteiger partial charge in [-0.1, -0.05) is 26.2 Å². The van der Waals surface area contributed by atoms with Gasteiger partial charge in [-0.3, -0.25) is 0 Å². The molecule has 0 bridgehead atoms. The second-order valence-electron chi connectivity index (χ2n) is 4.68. The summed E-state index contributed by atoms with van der Waals surface area (Å²) >= 11 is 0. The Kier molecular flexibility index (Phi) is 5.80. The zero-order valence-electron chi connectivity index (χ0n) is 10.4. The predicted octanol–water partition coefficient (Wildman–Crippen LogP) is 1.73. The number of carbonyl (C=O) groups is 2. The number of hydrogen-bond acceptors (Lipinski definition) is 2.